The first-order valence-electron chi connectivity index (χ1n) is 6.23. The Morgan fingerprint density at radius 3 is 2.80 bits per heavy atom. The fraction of sp³-hybridized carbons (Fsp3) is 0.357. The predicted molar refractivity (Wildman–Crippen MR) is 81.2 cm³/mol. The van der Waals surface area contributed by atoms with E-state index in [9.17, 15) is 0 Å². The molecule has 110 valence electrons. The van der Waals surface area contributed by atoms with Gasteiger partial charge in [-0.15, -0.1) is 12.4 Å². The lowest BCUT2D eigenvalue weighted by molar-refractivity contribution is 0.269. The van der Waals surface area contributed by atoms with E-state index in [1.165, 1.54) is 0 Å². The quantitative estimate of drug-likeness (QED) is 0.885. The molecule has 2 aromatic rings. The molecule has 0 aliphatic heterocycles. The maximum absolute atomic E-state index is 8.92. The lowest BCUT2D eigenvalue weighted by atomic mass is 10.0. The Bertz CT molecular complexity index is 555. The Morgan fingerprint density at radius 2 is 2.20 bits per heavy atom. The van der Waals surface area contributed by atoms with E-state index in [-0.39, 0.29) is 25.1 Å². The highest BCUT2D eigenvalue weighted by Crippen LogP contribution is 2.31. The molecular formula is C14H20ClN3O2. The van der Waals surface area contributed by atoms with Gasteiger partial charge in [0.15, 0.2) is 0 Å². The smallest absolute Gasteiger partial charge is 0.126 e. The van der Waals surface area contributed by atoms with Crippen LogP contribution in [0.1, 0.15) is 18.5 Å². The molecule has 0 aliphatic carbocycles. The van der Waals surface area contributed by atoms with Crippen molar-refractivity contribution < 1.29 is 9.84 Å². The molecule has 5 nitrogen and oxygen atoms in total. The van der Waals surface area contributed by atoms with Gasteiger partial charge in [0.1, 0.15) is 5.75 Å². The van der Waals surface area contributed by atoms with Crippen molar-refractivity contribution in [1.29, 1.82) is 0 Å². The Labute approximate surface area is 124 Å². The van der Waals surface area contributed by atoms with E-state index in [1.54, 1.807) is 18.0 Å². The molecule has 1 aromatic carbocycles. The third-order valence-corrected chi connectivity index (χ3v) is 3.02. The minimum Gasteiger partial charge on any atom is -0.496 e. The number of benzene rings is 1. The highest BCUT2D eigenvalue weighted by molar-refractivity contribution is 5.85. The molecule has 0 fully saturated rings. The largest absolute Gasteiger partial charge is 0.496 e. The van der Waals surface area contributed by atoms with Gasteiger partial charge in [-0.2, -0.15) is 5.10 Å². The third-order valence-electron chi connectivity index (χ3n) is 3.02. The van der Waals surface area contributed by atoms with Crippen LogP contribution < -0.4 is 10.5 Å². The fourth-order valence-electron chi connectivity index (χ4n) is 1.96. The maximum Gasteiger partial charge on any atom is 0.126 e. The van der Waals surface area contributed by atoms with Gasteiger partial charge in [-0.3, -0.25) is 4.68 Å². The molecule has 1 atom stereocenters. The summed E-state index contributed by atoms with van der Waals surface area (Å²) in [6, 6.07) is 5.86. The molecule has 6 heteroatoms. The number of hydrogen-bond donors (Lipinski definition) is 2. The zero-order chi connectivity index (χ0) is 13.8. The minimum absolute atomic E-state index is 0. The summed E-state index contributed by atoms with van der Waals surface area (Å²) >= 11 is 0. The zero-order valence-electron chi connectivity index (χ0n) is 11.6. The van der Waals surface area contributed by atoms with Crippen LogP contribution >= 0.6 is 12.4 Å². The number of aliphatic hydroxyl groups excluding tert-OH is 1. The van der Waals surface area contributed by atoms with Gasteiger partial charge in [0.05, 0.1) is 26.5 Å². The summed E-state index contributed by atoms with van der Waals surface area (Å²) in [5.74, 6) is 0.785. The molecule has 0 bridgehead atoms. The molecule has 1 heterocycles. The van der Waals surface area contributed by atoms with Crippen LogP contribution in [-0.2, 0) is 6.54 Å². The third kappa shape index (κ3) is 3.50. The van der Waals surface area contributed by atoms with Crippen LogP contribution in [0.2, 0.25) is 0 Å². The van der Waals surface area contributed by atoms with E-state index in [4.69, 9.17) is 15.6 Å². The van der Waals surface area contributed by atoms with Crippen LogP contribution in [0.15, 0.2) is 30.6 Å². The summed E-state index contributed by atoms with van der Waals surface area (Å²) in [6.45, 7) is 2.49. The number of nitrogens with zero attached hydrogens (tertiary/aromatic N) is 2. The van der Waals surface area contributed by atoms with Gasteiger partial charge in [-0.1, -0.05) is 6.07 Å². The summed E-state index contributed by atoms with van der Waals surface area (Å²) in [5, 5.41) is 13.1. The van der Waals surface area contributed by atoms with Crippen molar-refractivity contribution in [3.8, 4) is 16.9 Å². The van der Waals surface area contributed by atoms with E-state index in [1.807, 2.05) is 31.3 Å². The van der Waals surface area contributed by atoms with Gasteiger partial charge in [0, 0.05) is 23.4 Å². The summed E-state index contributed by atoms with van der Waals surface area (Å²) in [6.07, 6.45) is 3.65. The number of ether oxygens (including phenoxy) is 1. The Balaban J connectivity index is 0.00000200. The van der Waals surface area contributed by atoms with Gasteiger partial charge in [-0.05, 0) is 24.6 Å². The Kier molecular flexibility index (Phi) is 6.01. The number of nitrogens with two attached hydrogens (primary N) is 1. The summed E-state index contributed by atoms with van der Waals surface area (Å²) in [7, 11) is 1.64. The zero-order valence-corrected chi connectivity index (χ0v) is 12.4. The molecule has 1 aromatic heterocycles. The standard InChI is InChI=1S/C14H19N3O2.ClH/c1-10(15)11-3-4-14(19-2)13(7-11)12-8-16-17(9-12)5-6-18;/h3-4,7-10,18H,5-6,15H2,1-2H3;1H/t10-;/m1./s1. The summed E-state index contributed by atoms with van der Waals surface area (Å²) in [5.41, 5.74) is 8.87. The van der Waals surface area contributed by atoms with Crippen molar-refractivity contribution in [1.82, 2.24) is 9.78 Å². The molecule has 0 aliphatic rings. The van der Waals surface area contributed by atoms with E-state index in [0.717, 1.165) is 22.4 Å². The van der Waals surface area contributed by atoms with Gasteiger partial charge in [-0.25, -0.2) is 0 Å². The molecule has 0 saturated heterocycles. The lowest BCUT2D eigenvalue weighted by Gasteiger charge is -2.11. The molecule has 0 saturated carbocycles. The van der Waals surface area contributed by atoms with Crippen molar-refractivity contribution >= 4 is 12.4 Å². The monoisotopic (exact) mass is 297 g/mol. The highest BCUT2D eigenvalue weighted by atomic mass is 35.5. The Morgan fingerprint density at radius 1 is 1.45 bits per heavy atom. The first-order chi connectivity index (χ1) is 9.15. The van der Waals surface area contributed by atoms with Crippen molar-refractivity contribution in [2.45, 2.75) is 19.5 Å². The molecule has 0 amide bonds. The Hall–Kier alpha value is -1.56. The van der Waals surface area contributed by atoms with E-state index >= 15 is 0 Å². The number of aromatic nitrogens is 2. The number of halogens is 1. The molecule has 3 N–H and O–H groups in total. The van der Waals surface area contributed by atoms with Gasteiger partial charge >= 0.3 is 0 Å². The van der Waals surface area contributed by atoms with Crippen molar-refractivity contribution in [2.24, 2.45) is 5.73 Å². The number of aliphatic hydroxyl groups is 1. The normalized spacial score (nSPS) is 11.8. The SMILES string of the molecule is COc1ccc([C@@H](C)N)cc1-c1cnn(CCO)c1.Cl. The van der Waals surface area contributed by atoms with Gasteiger partial charge in [0.2, 0.25) is 0 Å². The predicted octanol–water partition coefficient (Wildman–Crippen LogP) is 1.99. The van der Waals surface area contributed by atoms with E-state index in [0.29, 0.717) is 6.54 Å². The molecular weight excluding hydrogens is 278 g/mol. The fourth-order valence-corrected chi connectivity index (χ4v) is 1.96. The topological polar surface area (TPSA) is 73.3 Å². The summed E-state index contributed by atoms with van der Waals surface area (Å²) in [4.78, 5) is 0. The molecule has 2 rings (SSSR count). The van der Waals surface area contributed by atoms with Crippen molar-refractivity contribution in [3.05, 3.63) is 36.2 Å². The number of hydrogen-bond acceptors (Lipinski definition) is 4. The average Bonchev–Trinajstić information content (AvgIpc) is 2.87. The van der Waals surface area contributed by atoms with Crippen LogP contribution in [0.25, 0.3) is 11.1 Å². The molecule has 0 spiro atoms. The molecule has 0 radical (unpaired) electrons. The van der Waals surface area contributed by atoms with Crippen LogP contribution in [0.4, 0.5) is 0 Å². The second kappa shape index (κ2) is 7.28. The van der Waals surface area contributed by atoms with Crippen LogP contribution in [0, 0.1) is 0 Å². The minimum atomic E-state index is -0.0304. The summed E-state index contributed by atoms with van der Waals surface area (Å²) < 4.78 is 7.08. The van der Waals surface area contributed by atoms with E-state index in [2.05, 4.69) is 5.10 Å². The van der Waals surface area contributed by atoms with Crippen LogP contribution in [-0.4, -0.2) is 28.6 Å². The lowest BCUT2D eigenvalue weighted by Crippen LogP contribution is -2.05. The highest BCUT2D eigenvalue weighted by Gasteiger charge is 2.11. The average molecular weight is 298 g/mol. The second-order valence-electron chi connectivity index (χ2n) is 4.46. The van der Waals surface area contributed by atoms with Crippen LogP contribution in [0.3, 0.4) is 0 Å². The first kappa shape index (κ1) is 16.5. The number of methoxy groups -OCH3 is 1. The molecule has 0 unspecified atom stereocenters. The van der Waals surface area contributed by atoms with Crippen molar-refractivity contribution in [3.63, 3.8) is 0 Å². The number of rotatable bonds is 5. The van der Waals surface area contributed by atoms with Gasteiger partial charge < -0.3 is 15.6 Å². The van der Waals surface area contributed by atoms with Crippen molar-refractivity contribution in [2.75, 3.05) is 13.7 Å². The second-order valence-corrected chi connectivity index (χ2v) is 4.46. The first-order valence-corrected chi connectivity index (χ1v) is 6.23. The maximum atomic E-state index is 8.92. The molecule has 20 heavy (non-hydrogen) atoms. The van der Waals surface area contributed by atoms with E-state index < -0.39 is 0 Å². The van der Waals surface area contributed by atoms with Gasteiger partial charge in [0.25, 0.3) is 0 Å². The van der Waals surface area contributed by atoms with Crippen LogP contribution in [0.5, 0.6) is 5.75 Å².